The van der Waals surface area contributed by atoms with Crippen LogP contribution in [0, 0.1) is 0 Å². The van der Waals surface area contributed by atoms with Gasteiger partial charge in [-0.2, -0.15) is 5.10 Å². The molecule has 1 heterocycles. The highest BCUT2D eigenvalue weighted by Gasteiger charge is 2.37. The molecule has 98 valence electrons. The van der Waals surface area contributed by atoms with E-state index in [0.29, 0.717) is 12.6 Å². The molecule has 5 nitrogen and oxygen atoms in total. The van der Waals surface area contributed by atoms with E-state index in [4.69, 9.17) is 5.11 Å². The van der Waals surface area contributed by atoms with Crippen LogP contribution < -0.4 is 0 Å². The fourth-order valence-corrected chi connectivity index (χ4v) is 2.88. The molecule has 1 unspecified atom stereocenters. The van der Waals surface area contributed by atoms with Crippen molar-refractivity contribution in [3.05, 3.63) is 17.5 Å². The van der Waals surface area contributed by atoms with Gasteiger partial charge in [-0.3, -0.25) is 9.89 Å². The van der Waals surface area contributed by atoms with E-state index in [1.165, 1.54) is 0 Å². The monoisotopic (exact) mass is 249 g/mol. The van der Waals surface area contributed by atoms with Crippen molar-refractivity contribution in [2.45, 2.75) is 44.1 Å². The average molecular weight is 249 g/mol. The summed E-state index contributed by atoms with van der Waals surface area (Å²) in [5, 5.41) is 16.1. The first-order chi connectivity index (χ1) is 8.81. The normalized spacial score (nSPS) is 22.6. The third-order valence-corrected chi connectivity index (χ3v) is 3.96. The van der Waals surface area contributed by atoms with Crippen molar-refractivity contribution < 1.29 is 9.90 Å². The standard InChI is InChI=1S/C13H19N3O2/c17-7-6-16(9-4-5-9)13(18)10-2-1-3-12-11(10)8-14-15-12/h8-10,17H,1-7H2,(H,14,15). The number of aromatic amines is 1. The highest BCUT2D eigenvalue weighted by atomic mass is 16.3. The molecule has 2 N–H and O–H groups in total. The largest absolute Gasteiger partial charge is 0.395 e. The lowest BCUT2D eigenvalue weighted by atomic mass is 9.86. The van der Waals surface area contributed by atoms with E-state index in [2.05, 4.69) is 10.2 Å². The van der Waals surface area contributed by atoms with Gasteiger partial charge in [0.1, 0.15) is 0 Å². The van der Waals surface area contributed by atoms with Gasteiger partial charge >= 0.3 is 0 Å². The van der Waals surface area contributed by atoms with Crippen LogP contribution in [0.15, 0.2) is 6.20 Å². The van der Waals surface area contributed by atoms with Crippen molar-refractivity contribution >= 4 is 5.91 Å². The highest BCUT2D eigenvalue weighted by Crippen LogP contribution is 2.35. The van der Waals surface area contributed by atoms with Gasteiger partial charge in [0, 0.05) is 23.8 Å². The summed E-state index contributed by atoms with van der Waals surface area (Å²) >= 11 is 0. The maximum absolute atomic E-state index is 12.6. The van der Waals surface area contributed by atoms with Crippen LogP contribution in [0.1, 0.15) is 42.9 Å². The summed E-state index contributed by atoms with van der Waals surface area (Å²) in [6.07, 6.45) is 6.88. The second-order valence-corrected chi connectivity index (χ2v) is 5.24. The van der Waals surface area contributed by atoms with Gasteiger partial charge < -0.3 is 10.0 Å². The number of fused-ring (bicyclic) bond motifs is 1. The first-order valence-electron chi connectivity index (χ1n) is 6.74. The summed E-state index contributed by atoms with van der Waals surface area (Å²) in [5.41, 5.74) is 2.18. The molecule has 0 aliphatic heterocycles. The Morgan fingerprint density at radius 1 is 1.50 bits per heavy atom. The second-order valence-electron chi connectivity index (χ2n) is 5.24. The molecule has 1 saturated carbocycles. The van der Waals surface area contributed by atoms with E-state index in [1.54, 1.807) is 6.20 Å². The molecule has 1 atom stereocenters. The maximum atomic E-state index is 12.6. The molecule has 0 saturated heterocycles. The molecule has 1 aromatic heterocycles. The Kier molecular flexibility index (Phi) is 3.07. The number of nitrogens with one attached hydrogen (secondary N) is 1. The van der Waals surface area contributed by atoms with Crippen molar-refractivity contribution in [3.63, 3.8) is 0 Å². The maximum Gasteiger partial charge on any atom is 0.230 e. The van der Waals surface area contributed by atoms with Crippen molar-refractivity contribution in [3.8, 4) is 0 Å². The smallest absolute Gasteiger partial charge is 0.230 e. The van der Waals surface area contributed by atoms with Gasteiger partial charge in [-0.25, -0.2) is 0 Å². The van der Waals surface area contributed by atoms with Crippen LogP contribution in [-0.4, -0.2) is 45.3 Å². The molecule has 18 heavy (non-hydrogen) atoms. The lowest BCUT2D eigenvalue weighted by Gasteiger charge is -2.28. The Hall–Kier alpha value is -1.36. The molecule has 0 aromatic carbocycles. The minimum atomic E-state index is -0.0559. The third-order valence-electron chi connectivity index (χ3n) is 3.96. The Morgan fingerprint density at radius 3 is 3.06 bits per heavy atom. The number of aliphatic hydroxyl groups excluding tert-OH is 1. The van der Waals surface area contributed by atoms with Crippen LogP contribution in [0.4, 0.5) is 0 Å². The molecule has 2 aliphatic carbocycles. The molecule has 5 heteroatoms. The fourth-order valence-electron chi connectivity index (χ4n) is 2.88. The minimum absolute atomic E-state index is 0.0488. The molecule has 1 aromatic rings. The molecule has 0 radical (unpaired) electrons. The van der Waals surface area contributed by atoms with Crippen molar-refractivity contribution in [1.29, 1.82) is 0 Å². The van der Waals surface area contributed by atoms with Gasteiger partial charge in [-0.15, -0.1) is 0 Å². The summed E-state index contributed by atoms with van der Waals surface area (Å²) in [5.74, 6) is 0.119. The third kappa shape index (κ3) is 2.03. The number of hydrogen-bond acceptors (Lipinski definition) is 3. The zero-order valence-corrected chi connectivity index (χ0v) is 10.4. The number of amides is 1. The predicted octanol–water partition coefficient (Wildman–Crippen LogP) is 0.813. The van der Waals surface area contributed by atoms with Crippen molar-refractivity contribution in [1.82, 2.24) is 15.1 Å². The highest BCUT2D eigenvalue weighted by molar-refractivity contribution is 5.84. The molecular weight excluding hydrogens is 230 g/mol. The van der Waals surface area contributed by atoms with E-state index >= 15 is 0 Å². The summed E-state index contributed by atoms with van der Waals surface area (Å²) in [7, 11) is 0. The molecule has 1 fully saturated rings. The Balaban J connectivity index is 1.80. The summed E-state index contributed by atoms with van der Waals surface area (Å²) < 4.78 is 0. The Morgan fingerprint density at radius 2 is 2.33 bits per heavy atom. The number of carbonyl (C=O) groups excluding carboxylic acids is 1. The van der Waals surface area contributed by atoms with Crippen LogP contribution >= 0.6 is 0 Å². The van der Waals surface area contributed by atoms with Crippen molar-refractivity contribution in [2.75, 3.05) is 13.2 Å². The number of aromatic nitrogens is 2. The first kappa shape index (κ1) is 11.7. The Labute approximate surface area is 106 Å². The van der Waals surface area contributed by atoms with Gasteiger partial charge in [0.15, 0.2) is 0 Å². The zero-order chi connectivity index (χ0) is 12.5. The second kappa shape index (κ2) is 4.72. The SMILES string of the molecule is O=C(C1CCCc2[nH]ncc21)N(CCO)C1CC1. The van der Waals surface area contributed by atoms with Crippen LogP contribution in [0.5, 0.6) is 0 Å². The van der Waals surface area contributed by atoms with Crippen molar-refractivity contribution in [2.24, 2.45) is 0 Å². The van der Waals surface area contributed by atoms with E-state index < -0.39 is 0 Å². The van der Waals surface area contributed by atoms with E-state index in [9.17, 15) is 4.79 Å². The number of aliphatic hydroxyl groups is 1. The quantitative estimate of drug-likeness (QED) is 0.829. The molecule has 1 amide bonds. The van der Waals surface area contributed by atoms with Gasteiger partial charge in [0.25, 0.3) is 0 Å². The van der Waals surface area contributed by atoms with Crippen LogP contribution in [0.25, 0.3) is 0 Å². The summed E-state index contributed by atoms with van der Waals surface area (Å²) in [4.78, 5) is 14.5. The zero-order valence-electron chi connectivity index (χ0n) is 10.4. The number of aryl methyl sites for hydroxylation is 1. The first-order valence-corrected chi connectivity index (χ1v) is 6.74. The molecule has 0 bridgehead atoms. The van der Waals surface area contributed by atoms with Gasteiger partial charge in [-0.1, -0.05) is 0 Å². The number of H-pyrrole nitrogens is 1. The van der Waals surface area contributed by atoms with E-state index in [0.717, 1.165) is 43.4 Å². The lowest BCUT2D eigenvalue weighted by molar-refractivity contribution is -0.134. The van der Waals surface area contributed by atoms with Gasteiger partial charge in [0.2, 0.25) is 5.91 Å². The van der Waals surface area contributed by atoms with Crippen LogP contribution in [0.3, 0.4) is 0 Å². The molecule has 0 spiro atoms. The minimum Gasteiger partial charge on any atom is -0.395 e. The average Bonchev–Trinajstić information content (AvgIpc) is 3.11. The summed E-state index contributed by atoms with van der Waals surface area (Å²) in [6, 6.07) is 0.363. The van der Waals surface area contributed by atoms with Gasteiger partial charge in [0.05, 0.1) is 18.7 Å². The summed E-state index contributed by atoms with van der Waals surface area (Å²) in [6.45, 7) is 0.514. The molecule has 3 rings (SSSR count). The molecular formula is C13H19N3O2. The fraction of sp³-hybridized carbons (Fsp3) is 0.692. The van der Waals surface area contributed by atoms with Crippen LogP contribution in [-0.2, 0) is 11.2 Å². The Bertz CT molecular complexity index is 439. The number of nitrogens with zero attached hydrogens (tertiary/aromatic N) is 2. The van der Waals surface area contributed by atoms with E-state index in [-0.39, 0.29) is 18.4 Å². The number of rotatable bonds is 4. The van der Waals surface area contributed by atoms with E-state index in [1.807, 2.05) is 4.90 Å². The lowest BCUT2D eigenvalue weighted by Crippen LogP contribution is -2.39. The predicted molar refractivity (Wildman–Crippen MR) is 66.1 cm³/mol. The number of hydrogen-bond donors (Lipinski definition) is 2. The van der Waals surface area contributed by atoms with Crippen LogP contribution in [0.2, 0.25) is 0 Å². The van der Waals surface area contributed by atoms with Gasteiger partial charge in [-0.05, 0) is 32.1 Å². The topological polar surface area (TPSA) is 69.2 Å². The number of carbonyl (C=O) groups is 1. The molecule has 2 aliphatic rings.